The van der Waals surface area contributed by atoms with Crippen LogP contribution in [0.15, 0.2) is 42.9 Å². The second kappa shape index (κ2) is 6.37. The average Bonchev–Trinajstić information content (AvgIpc) is 2.95. The van der Waals surface area contributed by atoms with Gasteiger partial charge in [-0.1, -0.05) is 6.92 Å². The lowest BCUT2D eigenvalue weighted by Gasteiger charge is -2.19. The zero-order valence-corrected chi connectivity index (χ0v) is 12.2. The fourth-order valence-corrected chi connectivity index (χ4v) is 2.29. The predicted octanol–water partition coefficient (Wildman–Crippen LogP) is 3.35. The largest absolute Gasteiger partial charge is 0.344 e. The molecule has 0 radical (unpaired) electrons. The van der Waals surface area contributed by atoms with Gasteiger partial charge in [-0.15, -0.1) is 0 Å². The molecule has 2 aromatic rings. The number of carbonyl (C=O) groups is 1. The highest BCUT2D eigenvalue weighted by Gasteiger charge is 2.17. The summed E-state index contributed by atoms with van der Waals surface area (Å²) in [6, 6.07) is 7.93. The van der Waals surface area contributed by atoms with Gasteiger partial charge in [-0.3, -0.25) is 9.78 Å². The molecule has 20 heavy (non-hydrogen) atoms. The molecule has 0 fully saturated rings. The van der Waals surface area contributed by atoms with E-state index in [1.807, 2.05) is 35.0 Å². The maximum atomic E-state index is 12.4. The van der Waals surface area contributed by atoms with Gasteiger partial charge in [0.15, 0.2) is 0 Å². The third-order valence-electron chi connectivity index (χ3n) is 3.39. The van der Waals surface area contributed by atoms with Crippen molar-refractivity contribution < 1.29 is 4.79 Å². The Morgan fingerprint density at radius 3 is 2.60 bits per heavy atom. The summed E-state index contributed by atoms with van der Waals surface area (Å²) in [6.07, 6.45) is 6.28. The van der Waals surface area contributed by atoms with E-state index in [2.05, 4.69) is 31.1 Å². The van der Waals surface area contributed by atoms with Gasteiger partial charge in [0.2, 0.25) is 0 Å². The first-order valence-electron chi connectivity index (χ1n) is 7.01. The van der Waals surface area contributed by atoms with Crippen LogP contribution >= 0.6 is 0 Å². The molecule has 0 bridgehead atoms. The first-order valence-corrected chi connectivity index (χ1v) is 7.01. The van der Waals surface area contributed by atoms with Crippen LogP contribution in [0, 0.1) is 0 Å². The number of amides is 1. The second-order valence-electron chi connectivity index (χ2n) is 5.11. The van der Waals surface area contributed by atoms with Crippen LogP contribution in [0.1, 0.15) is 55.3 Å². The molecule has 1 amide bonds. The number of aromatic nitrogens is 2. The smallest absolute Gasteiger partial charge is 0.268 e. The molecular weight excluding hydrogens is 250 g/mol. The molecule has 1 atom stereocenters. The Morgan fingerprint density at radius 1 is 1.30 bits per heavy atom. The lowest BCUT2D eigenvalue weighted by Crippen LogP contribution is -2.30. The van der Waals surface area contributed by atoms with Gasteiger partial charge in [0.25, 0.3) is 5.91 Å². The van der Waals surface area contributed by atoms with Crippen LogP contribution in [0.4, 0.5) is 0 Å². The zero-order chi connectivity index (χ0) is 14.5. The maximum absolute atomic E-state index is 12.4. The monoisotopic (exact) mass is 271 g/mol. The topological polar surface area (TPSA) is 46.9 Å². The fraction of sp³-hybridized carbons (Fsp3) is 0.375. The van der Waals surface area contributed by atoms with Crippen molar-refractivity contribution in [2.24, 2.45) is 0 Å². The van der Waals surface area contributed by atoms with Crippen molar-refractivity contribution in [3.63, 3.8) is 0 Å². The molecule has 0 saturated heterocycles. The summed E-state index contributed by atoms with van der Waals surface area (Å²) in [5, 5.41) is 3.09. The van der Waals surface area contributed by atoms with Gasteiger partial charge in [-0.05, 0) is 50.1 Å². The maximum Gasteiger partial charge on any atom is 0.268 e. The molecule has 0 aliphatic heterocycles. The summed E-state index contributed by atoms with van der Waals surface area (Å²) in [7, 11) is 0. The van der Waals surface area contributed by atoms with E-state index < -0.39 is 0 Å². The first-order chi connectivity index (χ1) is 9.63. The highest BCUT2D eigenvalue weighted by Crippen LogP contribution is 2.17. The minimum Gasteiger partial charge on any atom is -0.344 e. The zero-order valence-electron chi connectivity index (χ0n) is 12.2. The molecule has 4 heteroatoms. The first kappa shape index (κ1) is 14.3. The van der Waals surface area contributed by atoms with Crippen LogP contribution in [0.5, 0.6) is 0 Å². The highest BCUT2D eigenvalue weighted by atomic mass is 16.2. The Bertz CT molecular complexity index is 560. The Morgan fingerprint density at radius 2 is 2.00 bits per heavy atom. The number of hydrogen-bond acceptors (Lipinski definition) is 2. The van der Waals surface area contributed by atoms with Gasteiger partial charge in [-0.25, -0.2) is 0 Å². The van der Waals surface area contributed by atoms with Gasteiger partial charge >= 0.3 is 0 Å². The summed E-state index contributed by atoms with van der Waals surface area (Å²) in [6.45, 7) is 6.20. The van der Waals surface area contributed by atoms with E-state index in [1.165, 1.54) is 0 Å². The van der Waals surface area contributed by atoms with Crippen molar-refractivity contribution >= 4 is 5.91 Å². The van der Waals surface area contributed by atoms with Crippen molar-refractivity contribution in [1.82, 2.24) is 14.9 Å². The number of pyridine rings is 1. The second-order valence-corrected chi connectivity index (χ2v) is 5.11. The predicted molar refractivity (Wildman–Crippen MR) is 79.6 cm³/mol. The van der Waals surface area contributed by atoms with Gasteiger partial charge in [-0.2, -0.15) is 0 Å². The van der Waals surface area contributed by atoms with Crippen LogP contribution in [-0.4, -0.2) is 15.5 Å². The van der Waals surface area contributed by atoms with Crippen molar-refractivity contribution in [3.05, 3.63) is 54.1 Å². The van der Waals surface area contributed by atoms with Crippen molar-refractivity contribution in [2.45, 2.75) is 39.3 Å². The van der Waals surface area contributed by atoms with Crippen LogP contribution < -0.4 is 5.32 Å². The molecule has 0 aliphatic carbocycles. The summed E-state index contributed by atoms with van der Waals surface area (Å²) in [5.41, 5.74) is 1.78. The molecule has 2 aromatic heterocycles. The molecule has 2 heterocycles. The van der Waals surface area contributed by atoms with E-state index in [9.17, 15) is 4.79 Å². The highest BCUT2D eigenvalue weighted by molar-refractivity contribution is 5.93. The molecule has 4 nitrogen and oxygen atoms in total. The van der Waals surface area contributed by atoms with Crippen molar-refractivity contribution in [3.8, 4) is 0 Å². The molecule has 2 rings (SSSR count). The minimum atomic E-state index is -0.0348. The Kier molecular flexibility index (Phi) is 4.56. The Hall–Kier alpha value is -2.10. The molecule has 106 valence electrons. The van der Waals surface area contributed by atoms with E-state index in [1.54, 1.807) is 12.4 Å². The summed E-state index contributed by atoms with van der Waals surface area (Å²) in [4.78, 5) is 16.4. The standard InChI is InChI=1S/C16H21N3O/c1-4-14(13-7-9-17-10-8-13)18-16(20)15-6-5-11-19(15)12(2)3/h5-12,14H,4H2,1-3H3,(H,18,20)/t14-/m1/s1. The molecule has 0 saturated carbocycles. The van der Waals surface area contributed by atoms with E-state index in [0.29, 0.717) is 5.69 Å². The SMILES string of the molecule is CC[C@@H](NC(=O)c1cccn1C(C)C)c1ccncc1. The summed E-state index contributed by atoms with van der Waals surface area (Å²) < 4.78 is 1.98. The fourth-order valence-electron chi connectivity index (χ4n) is 2.29. The average molecular weight is 271 g/mol. The van der Waals surface area contributed by atoms with Crippen LogP contribution in [0.25, 0.3) is 0 Å². The summed E-state index contributed by atoms with van der Waals surface area (Å²) >= 11 is 0. The lowest BCUT2D eigenvalue weighted by molar-refractivity contribution is 0.0924. The number of nitrogens with zero attached hydrogens (tertiary/aromatic N) is 2. The molecule has 0 aliphatic rings. The minimum absolute atomic E-state index is 0.0148. The van der Waals surface area contributed by atoms with Crippen molar-refractivity contribution in [1.29, 1.82) is 0 Å². The number of nitrogens with one attached hydrogen (secondary N) is 1. The van der Waals surface area contributed by atoms with Crippen LogP contribution in [0.2, 0.25) is 0 Å². The van der Waals surface area contributed by atoms with E-state index in [0.717, 1.165) is 12.0 Å². The Balaban J connectivity index is 2.16. The lowest BCUT2D eigenvalue weighted by atomic mass is 10.1. The third kappa shape index (κ3) is 3.07. The van der Waals surface area contributed by atoms with Gasteiger partial charge in [0, 0.05) is 24.6 Å². The molecule has 0 unspecified atom stereocenters. The molecular formula is C16H21N3O. The van der Waals surface area contributed by atoms with Crippen molar-refractivity contribution in [2.75, 3.05) is 0 Å². The van der Waals surface area contributed by atoms with Crippen LogP contribution in [-0.2, 0) is 0 Å². The Labute approximate surface area is 119 Å². The van der Waals surface area contributed by atoms with E-state index in [4.69, 9.17) is 0 Å². The van der Waals surface area contributed by atoms with Crippen LogP contribution in [0.3, 0.4) is 0 Å². The molecule has 1 N–H and O–H groups in total. The summed E-state index contributed by atoms with van der Waals surface area (Å²) in [5.74, 6) is -0.0348. The molecule has 0 spiro atoms. The third-order valence-corrected chi connectivity index (χ3v) is 3.39. The number of hydrogen-bond donors (Lipinski definition) is 1. The normalized spacial score (nSPS) is 12.4. The number of rotatable bonds is 5. The van der Waals surface area contributed by atoms with Gasteiger partial charge in [0.1, 0.15) is 5.69 Å². The van der Waals surface area contributed by atoms with Gasteiger partial charge in [0.05, 0.1) is 6.04 Å². The molecule has 0 aromatic carbocycles. The van der Waals surface area contributed by atoms with E-state index in [-0.39, 0.29) is 18.0 Å². The van der Waals surface area contributed by atoms with E-state index >= 15 is 0 Å². The quantitative estimate of drug-likeness (QED) is 0.906. The van der Waals surface area contributed by atoms with Gasteiger partial charge < -0.3 is 9.88 Å². The number of carbonyl (C=O) groups excluding carboxylic acids is 1.